The van der Waals surface area contributed by atoms with Crippen LogP contribution in [0.5, 0.6) is 0 Å². The lowest BCUT2D eigenvalue weighted by molar-refractivity contribution is 0.665. The molecule has 2 aromatic heterocycles. The highest BCUT2D eigenvalue weighted by Crippen LogP contribution is 2.38. The third kappa shape index (κ3) is 2.01. The van der Waals surface area contributed by atoms with Crippen molar-refractivity contribution >= 4 is 43.9 Å². The number of para-hydroxylation sites is 3. The molecule has 128 valence electrons. The summed E-state index contributed by atoms with van der Waals surface area (Å²) in [5.74, 6) is 0. The number of furan rings is 2. The van der Waals surface area contributed by atoms with Gasteiger partial charge in [0.1, 0.15) is 22.3 Å². The van der Waals surface area contributed by atoms with Crippen molar-refractivity contribution in [2.75, 3.05) is 0 Å². The normalized spacial score (nSPS) is 11.9. The second-order valence-corrected chi connectivity index (χ2v) is 7.05. The van der Waals surface area contributed by atoms with Crippen LogP contribution in [0, 0.1) is 6.92 Å². The van der Waals surface area contributed by atoms with Gasteiger partial charge in [-0.15, -0.1) is 0 Å². The van der Waals surface area contributed by atoms with Crippen molar-refractivity contribution < 1.29 is 8.83 Å². The van der Waals surface area contributed by atoms with E-state index in [1.165, 1.54) is 0 Å². The molecule has 4 aromatic carbocycles. The number of hydrogen-bond acceptors (Lipinski definition) is 2. The molecule has 2 heteroatoms. The van der Waals surface area contributed by atoms with Crippen LogP contribution in [0.1, 0.15) is 5.56 Å². The molecular weight excluding hydrogens is 332 g/mol. The second-order valence-electron chi connectivity index (χ2n) is 7.05. The first-order valence-corrected chi connectivity index (χ1v) is 9.12. The number of hydrogen-bond donors (Lipinski definition) is 0. The summed E-state index contributed by atoms with van der Waals surface area (Å²) in [5.41, 5.74) is 7.13. The van der Waals surface area contributed by atoms with Crippen molar-refractivity contribution in [3.63, 3.8) is 0 Å². The minimum Gasteiger partial charge on any atom is -0.456 e. The van der Waals surface area contributed by atoms with Crippen LogP contribution in [0.2, 0.25) is 0 Å². The third-order valence-electron chi connectivity index (χ3n) is 5.41. The Labute approximate surface area is 155 Å². The maximum atomic E-state index is 6.21. The first-order chi connectivity index (χ1) is 13.3. The highest BCUT2D eigenvalue weighted by atomic mass is 16.3. The topological polar surface area (TPSA) is 26.3 Å². The van der Waals surface area contributed by atoms with Crippen molar-refractivity contribution in [1.29, 1.82) is 0 Å². The van der Waals surface area contributed by atoms with Gasteiger partial charge in [0.2, 0.25) is 0 Å². The van der Waals surface area contributed by atoms with Crippen LogP contribution in [0.3, 0.4) is 0 Å². The molecule has 0 aliphatic carbocycles. The van der Waals surface area contributed by atoms with Gasteiger partial charge in [0.25, 0.3) is 0 Å². The molecule has 0 atom stereocenters. The quantitative estimate of drug-likeness (QED) is 0.308. The molecular formula is C25H16O2. The molecule has 0 unspecified atom stereocenters. The van der Waals surface area contributed by atoms with Gasteiger partial charge >= 0.3 is 0 Å². The summed E-state index contributed by atoms with van der Waals surface area (Å²) in [7, 11) is 0. The van der Waals surface area contributed by atoms with Crippen molar-refractivity contribution in [3.8, 4) is 11.1 Å². The van der Waals surface area contributed by atoms with Crippen molar-refractivity contribution in [1.82, 2.24) is 0 Å². The Hall–Kier alpha value is -3.52. The predicted octanol–water partition coefficient (Wildman–Crippen LogP) is 7.46. The highest BCUT2D eigenvalue weighted by molar-refractivity contribution is 6.11. The SMILES string of the molecule is Cc1cccc2c1oc1ccc(-c3cccc4c3oc3ccccc34)cc12. The Morgan fingerprint density at radius 2 is 1.26 bits per heavy atom. The van der Waals surface area contributed by atoms with E-state index in [1.807, 2.05) is 12.1 Å². The summed E-state index contributed by atoms with van der Waals surface area (Å²) in [6.07, 6.45) is 0. The molecule has 0 aliphatic heterocycles. The molecule has 0 fully saturated rings. The van der Waals surface area contributed by atoms with Gasteiger partial charge in [-0.3, -0.25) is 0 Å². The average molecular weight is 348 g/mol. The Balaban J connectivity index is 1.68. The molecule has 0 saturated carbocycles. The van der Waals surface area contributed by atoms with E-state index >= 15 is 0 Å². The largest absolute Gasteiger partial charge is 0.456 e. The Kier molecular flexibility index (Phi) is 2.84. The Morgan fingerprint density at radius 1 is 0.556 bits per heavy atom. The van der Waals surface area contributed by atoms with Crippen molar-refractivity contribution in [2.24, 2.45) is 0 Å². The first-order valence-electron chi connectivity index (χ1n) is 9.12. The summed E-state index contributed by atoms with van der Waals surface area (Å²) < 4.78 is 12.3. The van der Waals surface area contributed by atoms with Gasteiger partial charge in [0, 0.05) is 27.1 Å². The summed E-state index contributed by atoms with van der Waals surface area (Å²) in [6, 6.07) is 27.2. The predicted molar refractivity (Wildman–Crippen MR) is 111 cm³/mol. The lowest BCUT2D eigenvalue weighted by Crippen LogP contribution is -1.79. The number of fused-ring (bicyclic) bond motifs is 6. The van der Waals surface area contributed by atoms with E-state index in [1.54, 1.807) is 0 Å². The standard InChI is InChI=1S/C25H16O2/c1-15-6-4-9-20-21-14-16(12-13-23(21)26-24(15)20)17-8-5-10-19-18-7-2-3-11-22(18)27-25(17)19/h2-14H,1H3. The van der Waals surface area contributed by atoms with E-state index in [9.17, 15) is 0 Å². The molecule has 0 saturated heterocycles. The van der Waals surface area contributed by atoms with E-state index < -0.39 is 0 Å². The van der Waals surface area contributed by atoms with Crippen LogP contribution in [-0.2, 0) is 0 Å². The van der Waals surface area contributed by atoms with E-state index in [4.69, 9.17) is 8.83 Å². The van der Waals surface area contributed by atoms with Crippen molar-refractivity contribution in [3.05, 3.63) is 84.4 Å². The van der Waals surface area contributed by atoms with Crippen LogP contribution < -0.4 is 0 Å². The molecule has 0 amide bonds. The summed E-state index contributed by atoms with van der Waals surface area (Å²) in [6.45, 7) is 2.08. The maximum absolute atomic E-state index is 6.21. The van der Waals surface area contributed by atoms with Gasteiger partial charge in [-0.2, -0.15) is 0 Å². The summed E-state index contributed by atoms with van der Waals surface area (Å²) in [4.78, 5) is 0. The molecule has 6 rings (SSSR count). The second kappa shape index (κ2) is 5.24. The number of rotatable bonds is 1. The van der Waals surface area contributed by atoms with E-state index in [2.05, 4.69) is 73.7 Å². The fraction of sp³-hybridized carbons (Fsp3) is 0.0400. The molecule has 0 bridgehead atoms. The lowest BCUT2D eigenvalue weighted by atomic mass is 10.00. The van der Waals surface area contributed by atoms with Crippen LogP contribution >= 0.6 is 0 Å². The number of benzene rings is 4. The monoisotopic (exact) mass is 348 g/mol. The molecule has 27 heavy (non-hydrogen) atoms. The van der Waals surface area contributed by atoms with Gasteiger partial charge < -0.3 is 8.83 Å². The molecule has 0 aliphatic rings. The maximum Gasteiger partial charge on any atom is 0.143 e. The Morgan fingerprint density at radius 3 is 2.19 bits per heavy atom. The van der Waals surface area contributed by atoms with Crippen LogP contribution in [0.4, 0.5) is 0 Å². The molecule has 0 radical (unpaired) electrons. The van der Waals surface area contributed by atoms with Crippen LogP contribution in [0.25, 0.3) is 55.0 Å². The van der Waals surface area contributed by atoms with E-state index in [0.29, 0.717) is 0 Å². The van der Waals surface area contributed by atoms with E-state index in [0.717, 1.165) is 60.6 Å². The molecule has 0 spiro atoms. The summed E-state index contributed by atoms with van der Waals surface area (Å²) in [5, 5.41) is 4.60. The lowest BCUT2D eigenvalue weighted by Gasteiger charge is -2.03. The van der Waals surface area contributed by atoms with Gasteiger partial charge in [0.05, 0.1) is 0 Å². The average Bonchev–Trinajstić information content (AvgIpc) is 3.27. The van der Waals surface area contributed by atoms with E-state index in [-0.39, 0.29) is 0 Å². The zero-order valence-corrected chi connectivity index (χ0v) is 14.8. The van der Waals surface area contributed by atoms with Gasteiger partial charge in [-0.1, -0.05) is 60.7 Å². The number of aryl methyl sites for hydroxylation is 1. The first kappa shape index (κ1) is 14.6. The minimum absolute atomic E-state index is 0.917. The van der Waals surface area contributed by atoms with Crippen molar-refractivity contribution in [2.45, 2.75) is 6.92 Å². The molecule has 2 heterocycles. The van der Waals surface area contributed by atoms with Crippen LogP contribution in [0.15, 0.2) is 87.7 Å². The third-order valence-corrected chi connectivity index (χ3v) is 5.41. The molecule has 2 nitrogen and oxygen atoms in total. The smallest absolute Gasteiger partial charge is 0.143 e. The Bertz CT molecular complexity index is 1480. The molecule has 0 N–H and O–H groups in total. The zero-order chi connectivity index (χ0) is 18.0. The summed E-state index contributed by atoms with van der Waals surface area (Å²) >= 11 is 0. The van der Waals surface area contributed by atoms with Gasteiger partial charge in [-0.05, 0) is 36.2 Å². The molecule has 6 aromatic rings. The fourth-order valence-corrected chi connectivity index (χ4v) is 4.08. The van der Waals surface area contributed by atoms with Crippen LogP contribution in [-0.4, -0.2) is 0 Å². The van der Waals surface area contributed by atoms with Gasteiger partial charge in [0.15, 0.2) is 0 Å². The minimum atomic E-state index is 0.917. The fourth-order valence-electron chi connectivity index (χ4n) is 4.08. The highest BCUT2D eigenvalue weighted by Gasteiger charge is 2.14. The van der Waals surface area contributed by atoms with Gasteiger partial charge in [-0.25, -0.2) is 0 Å². The zero-order valence-electron chi connectivity index (χ0n) is 14.8.